The summed E-state index contributed by atoms with van der Waals surface area (Å²) in [6, 6.07) is 15.3. The highest BCUT2D eigenvalue weighted by Crippen LogP contribution is 2.27. The molecule has 0 bridgehead atoms. The first-order chi connectivity index (χ1) is 15.4. The zero-order chi connectivity index (χ0) is 22.9. The van der Waals surface area contributed by atoms with E-state index in [9.17, 15) is 9.90 Å². The van der Waals surface area contributed by atoms with Gasteiger partial charge in [-0.15, -0.1) is 0 Å². The zero-order valence-corrected chi connectivity index (χ0v) is 19.3. The molecule has 1 saturated carbocycles. The minimum Gasteiger partial charge on any atom is -0.493 e. The summed E-state index contributed by atoms with van der Waals surface area (Å²) in [5, 5.41) is 13.5. The second-order valence-corrected chi connectivity index (χ2v) is 8.97. The average Bonchev–Trinajstić information content (AvgIpc) is 2.81. The molecule has 1 amide bonds. The van der Waals surface area contributed by atoms with E-state index >= 15 is 0 Å². The largest absolute Gasteiger partial charge is 0.493 e. The summed E-state index contributed by atoms with van der Waals surface area (Å²) in [5.41, 5.74) is 6.98. The van der Waals surface area contributed by atoms with Crippen molar-refractivity contribution in [3.05, 3.63) is 59.1 Å². The molecule has 1 aliphatic rings. The van der Waals surface area contributed by atoms with Crippen LogP contribution in [0.25, 0.3) is 0 Å². The molecule has 32 heavy (non-hydrogen) atoms. The first-order valence-corrected chi connectivity index (χ1v) is 11.6. The number of nitrogens with one attached hydrogen (secondary N) is 1. The van der Waals surface area contributed by atoms with Gasteiger partial charge in [0.1, 0.15) is 11.5 Å². The van der Waals surface area contributed by atoms with E-state index in [-0.39, 0.29) is 43.0 Å². The molecule has 7 heteroatoms. The summed E-state index contributed by atoms with van der Waals surface area (Å²) >= 11 is 5.90. The Morgan fingerprint density at radius 2 is 1.66 bits per heavy atom. The number of halogens is 1. The van der Waals surface area contributed by atoms with Gasteiger partial charge in [0.25, 0.3) is 5.91 Å². The third-order valence-electron chi connectivity index (χ3n) is 6.13. The van der Waals surface area contributed by atoms with Gasteiger partial charge < -0.3 is 25.6 Å². The average molecular weight is 461 g/mol. The van der Waals surface area contributed by atoms with Gasteiger partial charge in [-0.2, -0.15) is 0 Å². The van der Waals surface area contributed by atoms with Crippen molar-refractivity contribution < 1.29 is 19.4 Å². The van der Waals surface area contributed by atoms with E-state index < -0.39 is 0 Å². The van der Waals surface area contributed by atoms with Gasteiger partial charge in [-0.1, -0.05) is 30.7 Å². The van der Waals surface area contributed by atoms with Gasteiger partial charge in [-0.25, -0.2) is 0 Å². The smallest absolute Gasteiger partial charge is 0.258 e. The van der Waals surface area contributed by atoms with Gasteiger partial charge in [-0.3, -0.25) is 4.79 Å². The number of nitrogens with two attached hydrogens (primary N) is 1. The van der Waals surface area contributed by atoms with Crippen molar-refractivity contribution in [2.45, 2.75) is 50.6 Å². The highest BCUT2D eigenvalue weighted by Gasteiger charge is 2.21. The molecule has 4 N–H and O–H groups in total. The number of carbonyl (C=O) groups is 1. The van der Waals surface area contributed by atoms with Gasteiger partial charge in [0.15, 0.2) is 6.61 Å². The molecule has 2 unspecified atom stereocenters. The number of ether oxygens (including phenoxy) is 2. The van der Waals surface area contributed by atoms with Crippen LogP contribution in [0.5, 0.6) is 11.5 Å². The number of benzene rings is 2. The standard InChI is InChI=1S/C25H33ClN2O4/c1-17(19(14-29)15-31-24-12-4-20(26)5-13-24)18-2-10-23(11-3-18)32-16-25(30)28-22-8-6-21(27)7-9-22/h2-5,10-13,17,19,21-22,29H,6-9,14-16,27H2,1H3,(H,28,30). The fraction of sp³-hybridized carbons (Fsp3) is 0.480. The van der Waals surface area contributed by atoms with Crippen LogP contribution >= 0.6 is 11.6 Å². The van der Waals surface area contributed by atoms with E-state index in [1.54, 1.807) is 12.1 Å². The van der Waals surface area contributed by atoms with Crippen LogP contribution < -0.4 is 20.5 Å². The Bertz CT molecular complexity index is 836. The second-order valence-electron chi connectivity index (χ2n) is 8.53. The van der Waals surface area contributed by atoms with Crippen molar-refractivity contribution in [1.29, 1.82) is 0 Å². The lowest BCUT2D eigenvalue weighted by Gasteiger charge is -2.26. The first-order valence-electron chi connectivity index (χ1n) is 11.2. The molecular weight excluding hydrogens is 428 g/mol. The van der Waals surface area contributed by atoms with Crippen LogP contribution in [-0.4, -0.2) is 42.9 Å². The fourth-order valence-corrected chi connectivity index (χ4v) is 4.04. The third-order valence-corrected chi connectivity index (χ3v) is 6.38. The fourth-order valence-electron chi connectivity index (χ4n) is 3.91. The van der Waals surface area contributed by atoms with Gasteiger partial charge in [0, 0.05) is 29.6 Å². The van der Waals surface area contributed by atoms with Crippen molar-refractivity contribution >= 4 is 17.5 Å². The number of aliphatic hydroxyl groups is 1. The van der Waals surface area contributed by atoms with Gasteiger partial charge in [0.2, 0.25) is 0 Å². The SMILES string of the molecule is CC(c1ccc(OCC(=O)NC2CCC(N)CC2)cc1)C(CO)COc1ccc(Cl)cc1. The minimum absolute atomic E-state index is 0.00828. The van der Waals surface area contributed by atoms with Gasteiger partial charge in [0.05, 0.1) is 6.61 Å². The van der Waals surface area contributed by atoms with Crippen molar-refractivity contribution in [3.63, 3.8) is 0 Å². The molecule has 0 radical (unpaired) electrons. The normalized spacial score (nSPS) is 20.2. The lowest BCUT2D eigenvalue weighted by atomic mass is 9.88. The van der Waals surface area contributed by atoms with E-state index in [0.717, 1.165) is 37.0 Å². The monoisotopic (exact) mass is 460 g/mol. The Hall–Kier alpha value is -2.28. The van der Waals surface area contributed by atoms with Crippen molar-refractivity contribution in [2.24, 2.45) is 11.7 Å². The van der Waals surface area contributed by atoms with Crippen LogP contribution in [0.4, 0.5) is 0 Å². The molecule has 0 aromatic heterocycles. The Kier molecular flexibility index (Phi) is 9.21. The molecule has 2 aromatic rings. The van der Waals surface area contributed by atoms with Crippen LogP contribution in [-0.2, 0) is 4.79 Å². The van der Waals surface area contributed by atoms with Crippen LogP contribution in [0.1, 0.15) is 44.1 Å². The lowest BCUT2D eigenvalue weighted by Crippen LogP contribution is -2.42. The third kappa shape index (κ3) is 7.40. The maximum Gasteiger partial charge on any atom is 0.258 e. The summed E-state index contributed by atoms with van der Waals surface area (Å²) in [6.07, 6.45) is 3.75. The summed E-state index contributed by atoms with van der Waals surface area (Å²) in [7, 11) is 0. The van der Waals surface area contributed by atoms with Crippen LogP contribution in [0.2, 0.25) is 5.02 Å². The molecule has 1 aliphatic carbocycles. The summed E-state index contributed by atoms with van der Waals surface area (Å²) in [4.78, 5) is 12.2. The molecule has 2 atom stereocenters. The van der Waals surface area contributed by atoms with Crippen LogP contribution in [0.3, 0.4) is 0 Å². The number of amides is 1. The second kappa shape index (κ2) is 12.1. The molecule has 1 fully saturated rings. The molecule has 0 heterocycles. The summed E-state index contributed by atoms with van der Waals surface area (Å²) in [6.45, 7) is 2.46. The number of hydrogen-bond donors (Lipinski definition) is 3. The van der Waals surface area contributed by atoms with Crippen molar-refractivity contribution in [1.82, 2.24) is 5.32 Å². The number of aliphatic hydroxyl groups excluding tert-OH is 1. The first kappa shape index (κ1) is 24.4. The number of carbonyl (C=O) groups excluding carboxylic acids is 1. The van der Waals surface area contributed by atoms with Crippen LogP contribution in [0, 0.1) is 5.92 Å². The summed E-state index contributed by atoms with van der Waals surface area (Å²) < 4.78 is 11.5. The molecule has 6 nitrogen and oxygen atoms in total. The Morgan fingerprint density at radius 3 is 2.28 bits per heavy atom. The molecule has 0 spiro atoms. The van der Waals surface area contributed by atoms with Crippen molar-refractivity contribution in [3.8, 4) is 11.5 Å². The highest BCUT2D eigenvalue weighted by molar-refractivity contribution is 6.30. The molecule has 174 valence electrons. The highest BCUT2D eigenvalue weighted by atomic mass is 35.5. The number of hydrogen-bond acceptors (Lipinski definition) is 5. The summed E-state index contributed by atoms with van der Waals surface area (Å²) in [5.74, 6) is 1.27. The minimum atomic E-state index is -0.109. The zero-order valence-electron chi connectivity index (χ0n) is 18.5. The lowest BCUT2D eigenvalue weighted by molar-refractivity contribution is -0.124. The Balaban J connectivity index is 1.45. The molecule has 0 aliphatic heterocycles. The van der Waals surface area contributed by atoms with Gasteiger partial charge in [-0.05, 0) is 73.6 Å². The maximum absolute atomic E-state index is 12.2. The van der Waals surface area contributed by atoms with E-state index in [0.29, 0.717) is 17.4 Å². The molecular formula is C25H33ClN2O4. The van der Waals surface area contributed by atoms with Crippen LogP contribution in [0.15, 0.2) is 48.5 Å². The Morgan fingerprint density at radius 1 is 1.06 bits per heavy atom. The van der Waals surface area contributed by atoms with Crippen molar-refractivity contribution in [2.75, 3.05) is 19.8 Å². The Labute approximate surface area is 195 Å². The van der Waals surface area contributed by atoms with E-state index in [1.165, 1.54) is 0 Å². The van der Waals surface area contributed by atoms with E-state index in [2.05, 4.69) is 12.2 Å². The van der Waals surface area contributed by atoms with E-state index in [1.807, 2.05) is 36.4 Å². The molecule has 3 rings (SSSR count). The quantitative estimate of drug-likeness (QED) is 0.500. The number of rotatable bonds is 10. The predicted molar refractivity (Wildman–Crippen MR) is 126 cm³/mol. The molecule has 2 aromatic carbocycles. The topological polar surface area (TPSA) is 93.8 Å². The maximum atomic E-state index is 12.2. The van der Waals surface area contributed by atoms with Gasteiger partial charge >= 0.3 is 0 Å². The van der Waals surface area contributed by atoms with E-state index in [4.69, 9.17) is 26.8 Å². The molecule has 0 saturated heterocycles. The predicted octanol–water partition coefficient (Wildman–Crippen LogP) is 3.90.